The second-order valence-electron chi connectivity index (χ2n) is 12.6. The highest BCUT2D eigenvalue weighted by atomic mass is 16.4. The van der Waals surface area contributed by atoms with Crippen molar-refractivity contribution < 1.29 is 19.8 Å². The standard InChI is InChI=1S/2C18H18N2.C4H6O4/c2*1-3-7-14(8-4-1)18(15-9-5-2-6-10-15)13-16(18)17-19-11-12-20-17;5-3(6)1-2-4(7)8/h2*1-10,16H,11-13H2,(H,19,20);1-2H2,(H,5,6)(H,7,8)/p-2. The summed E-state index contributed by atoms with van der Waals surface area (Å²) in [5.74, 6) is 0.698. The van der Waals surface area contributed by atoms with Gasteiger partial charge in [0.15, 0.2) is 0 Å². The van der Waals surface area contributed by atoms with Gasteiger partial charge in [-0.3, -0.25) is 9.98 Å². The van der Waals surface area contributed by atoms with Crippen LogP contribution in [-0.4, -0.2) is 49.8 Å². The van der Waals surface area contributed by atoms with Gasteiger partial charge < -0.3 is 30.4 Å². The van der Waals surface area contributed by atoms with Crippen molar-refractivity contribution in [3.63, 3.8) is 0 Å². The second-order valence-corrected chi connectivity index (χ2v) is 12.6. The van der Waals surface area contributed by atoms with Crippen molar-refractivity contribution in [1.29, 1.82) is 0 Å². The Hall–Kier alpha value is -5.24. The van der Waals surface area contributed by atoms with Crippen LogP contribution >= 0.6 is 0 Å². The molecule has 0 aromatic heterocycles. The monoisotopic (exact) mass is 640 g/mol. The van der Waals surface area contributed by atoms with Crippen LogP contribution in [0.15, 0.2) is 131 Å². The zero-order valence-corrected chi connectivity index (χ0v) is 26.9. The van der Waals surface area contributed by atoms with Crippen molar-refractivity contribution >= 4 is 23.6 Å². The van der Waals surface area contributed by atoms with Gasteiger partial charge >= 0.3 is 0 Å². The largest absolute Gasteiger partial charge is 0.550 e. The number of nitrogens with zero attached hydrogens (tertiary/aromatic N) is 2. The normalized spacial score (nSPS) is 20.6. The van der Waals surface area contributed by atoms with Crippen LogP contribution in [0.3, 0.4) is 0 Å². The number of rotatable bonds is 9. The molecule has 8 heteroatoms. The third-order valence-electron chi connectivity index (χ3n) is 9.67. The Balaban J connectivity index is 0.000000138. The van der Waals surface area contributed by atoms with Gasteiger partial charge in [0.2, 0.25) is 0 Å². The molecule has 8 nitrogen and oxygen atoms in total. The van der Waals surface area contributed by atoms with Gasteiger partial charge in [-0.1, -0.05) is 121 Å². The summed E-state index contributed by atoms with van der Waals surface area (Å²) in [6.45, 7) is 3.83. The molecule has 0 amide bonds. The fourth-order valence-electron chi connectivity index (χ4n) is 7.24. The summed E-state index contributed by atoms with van der Waals surface area (Å²) in [7, 11) is 0. The summed E-state index contributed by atoms with van der Waals surface area (Å²) in [4.78, 5) is 28.3. The molecule has 2 saturated carbocycles. The molecule has 2 fully saturated rings. The van der Waals surface area contributed by atoms with Crippen LogP contribution in [0.4, 0.5) is 0 Å². The fourth-order valence-corrected chi connectivity index (χ4v) is 7.24. The molecule has 4 aromatic carbocycles. The summed E-state index contributed by atoms with van der Waals surface area (Å²) in [6.07, 6.45) is 1.38. The number of carbonyl (C=O) groups is 2. The lowest BCUT2D eigenvalue weighted by molar-refractivity contribution is -0.315. The van der Waals surface area contributed by atoms with E-state index in [9.17, 15) is 19.8 Å². The lowest BCUT2D eigenvalue weighted by Crippen LogP contribution is -2.27. The predicted octanol–water partition coefficient (Wildman–Crippen LogP) is 3.26. The van der Waals surface area contributed by atoms with E-state index in [0.717, 1.165) is 39.0 Å². The number of aliphatic carboxylic acids is 2. The maximum absolute atomic E-state index is 9.50. The lowest BCUT2D eigenvalue weighted by atomic mass is 9.85. The molecule has 246 valence electrons. The third-order valence-corrected chi connectivity index (χ3v) is 9.67. The van der Waals surface area contributed by atoms with Crippen molar-refractivity contribution in [3.05, 3.63) is 144 Å². The number of hydrogen-bond acceptors (Lipinski definition) is 8. The Kier molecular flexibility index (Phi) is 9.99. The molecule has 0 saturated heterocycles. The number of aliphatic imine (C=N–C) groups is 2. The Labute approximate surface area is 281 Å². The van der Waals surface area contributed by atoms with E-state index in [1.165, 1.54) is 33.9 Å². The van der Waals surface area contributed by atoms with Gasteiger partial charge in [0.05, 0.1) is 13.1 Å². The molecular formula is C40H40N4O4-2. The van der Waals surface area contributed by atoms with E-state index < -0.39 is 24.8 Å². The lowest BCUT2D eigenvalue weighted by Gasteiger charge is -2.19. The average molecular weight is 641 g/mol. The van der Waals surface area contributed by atoms with Gasteiger partial charge in [0.25, 0.3) is 0 Å². The summed E-state index contributed by atoms with van der Waals surface area (Å²) in [5, 5.41) is 25.9. The molecule has 0 spiro atoms. The van der Waals surface area contributed by atoms with Crippen molar-refractivity contribution in [2.75, 3.05) is 26.2 Å². The molecular weight excluding hydrogens is 600 g/mol. The average Bonchev–Trinajstić information content (AvgIpc) is 3.88. The topological polar surface area (TPSA) is 129 Å². The van der Waals surface area contributed by atoms with Gasteiger partial charge in [0.1, 0.15) is 11.7 Å². The van der Waals surface area contributed by atoms with E-state index in [0.29, 0.717) is 11.8 Å². The van der Waals surface area contributed by atoms with E-state index in [1.807, 2.05) is 0 Å². The predicted molar refractivity (Wildman–Crippen MR) is 183 cm³/mol. The van der Waals surface area contributed by atoms with Crippen LogP contribution in [0.1, 0.15) is 47.9 Å². The van der Waals surface area contributed by atoms with Gasteiger partial charge in [-0.15, -0.1) is 0 Å². The minimum absolute atomic E-state index is 0.124. The molecule has 2 unspecified atom stereocenters. The molecule has 0 bridgehead atoms. The zero-order valence-electron chi connectivity index (χ0n) is 26.9. The number of amidine groups is 2. The van der Waals surface area contributed by atoms with Crippen LogP contribution in [0, 0.1) is 11.8 Å². The third kappa shape index (κ3) is 7.03. The van der Waals surface area contributed by atoms with E-state index in [4.69, 9.17) is 0 Å². The first-order valence-corrected chi connectivity index (χ1v) is 16.6. The highest BCUT2D eigenvalue weighted by Gasteiger charge is 2.60. The molecule has 2 aliphatic carbocycles. The first kappa shape index (κ1) is 32.7. The summed E-state index contributed by atoms with van der Waals surface area (Å²) < 4.78 is 0. The Morgan fingerprint density at radius 3 is 1.06 bits per heavy atom. The van der Waals surface area contributed by atoms with Crippen LogP contribution in [0.25, 0.3) is 0 Å². The van der Waals surface area contributed by atoms with E-state index in [-0.39, 0.29) is 10.8 Å². The molecule has 2 N–H and O–H groups in total. The van der Waals surface area contributed by atoms with Crippen LogP contribution in [0.2, 0.25) is 0 Å². The van der Waals surface area contributed by atoms with Crippen molar-refractivity contribution in [2.24, 2.45) is 21.8 Å². The molecule has 2 atom stereocenters. The van der Waals surface area contributed by atoms with Gasteiger partial charge in [0, 0.05) is 47.7 Å². The molecule has 2 heterocycles. The number of hydrogen-bond donors (Lipinski definition) is 2. The second kappa shape index (κ2) is 14.7. The summed E-state index contributed by atoms with van der Waals surface area (Å²) in [6, 6.07) is 43.5. The quantitative estimate of drug-likeness (QED) is 0.289. The first-order valence-electron chi connectivity index (χ1n) is 16.6. The highest BCUT2D eigenvalue weighted by molar-refractivity contribution is 5.92. The van der Waals surface area contributed by atoms with Crippen molar-refractivity contribution in [2.45, 2.75) is 36.5 Å². The van der Waals surface area contributed by atoms with Gasteiger partial charge in [-0.25, -0.2) is 0 Å². The minimum atomic E-state index is -1.37. The maximum Gasteiger partial charge on any atom is 0.101 e. The Morgan fingerprint density at radius 1 is 0.542 bits per heavy atom. The smallest absolute Gasteiger partial charge is 0.101 e. The van der Waals surface area contributed by atoms with Crippen LogP contribution in [0.5, 0.6) is 0 Å². The van der Waals surface area contributed by atoms with Crippen LogP contribution in [-0.2, 0) is 20.4 Å². The maximum atomic E-state index is 9.50. The van der Waals surface area contributed by atoms with Crippen molar-refractivity contribution in [3.8, 4) is 0 Å². The van der Waals surface area contributed by atoms with Crippen LogP contribution < -0.4 is 20.8 Å². The Morgan fingerprint density at radius 2 is 0.833 bits per heavy atom. The summed E-state index contributed by atoms with van der Waals surface area (Å²) in [5.41, 5.74) is 5.89. The molecule has 2 aliphatic heterocycles. The minimum Gasteiger partial charge on any atom is -0.550 e. The van der Waals surface area contributed by atoms with E-state index in [2.05, 4.69) is 142 Å². The number of carboxylic acids is 2. The van der Waals surface area contributed by atoms with Gasteiger partial charge in [-0.2, -0.15) is 0 Å². The fraction of sp³-hybridized carbons (Fsp3) is 0.300. The number of benzene rings is 4. The number of nitrogens with one attached hydrogen (secondary N) is 2. The van der Waals surface area contributed by atoms with Gasteiger partial charge in [-0.05, 0) is 47.9 Å². The molecule has 4 aliphatic rings. The SMILES string of the molecule is O=C([O-])CCC(=O)[O-].c1ccc(C2(c3ccccc3)CC2C2=NCCN2)cc1.c1ccc(C2(c3ccccc3)CC2C2=NCCN2)cc1. The molecule has 4 aromatic rings. The molecule has 48 heavy (non-hydrogen) atoms. The summed E-state index contributed by atoms with van der Waals surface area (Å²) >= 11 is 0. The number of carbonyl (C=O) groups excluding carboxylic acids is 2. The van der Waals surface area contributed by atoms with E-state index >= 15 is 0 Å². The number of carboxylic acid groups (broad SMARTS) is 2. The van der Waals surface area contributed by atoms with Crippen molar-refractivity contribution in [1.82, 2.24) is 10.6 Å². The molecule has 0 radical (unpaired) electrons. The Bertz CT molecular complexity index is 1530. The first-order chi connectivity index (χ1) is 23.4. The zero-order chi connectivity index (χ0) is 33.4. The molecule has 8 rings (SSSR count). The van der Waals surface area contributed by atoms with E-state index in [1.54, 1.807) is 0 Å². The highest BCUT2D eigenvalue weighted by Crippen LogP contribution is 2.60.